The second kappa shape index (κ2) is 6.85. The lowest BCUT2D eigenvalue weighted by atomic mass is 10.1. The van der Waals surface area contributed by atoms with Crippen LogP contribution in [0.1, 0.15) is 10.4 Å². The van der Waals surface area contributed by atoms with Gasteiger partial charge < -0.3 is 4.74 Å². The van der Waals surface area contributed by atoms with Crippen LogP contribution in [-0.4, -0.2) is 25.5 Å². The quantitative estimate of drug-likeness (QED) is 0.600. The van der Waals surface area contributed by atoms with E-state index in [4.69, 9.17) is 4.74 Å². The van der Waals surface area contributed by atoms with Crippen molar-refractivity contribution in [3.05, 3.63) is 77.0 Å². The van der Waals surface area contributed by atoms with Gasteiger partial charge in [-0.2, -0.15) is 0 Å². The fraction of sp³-hybridized carbons (Fsp3) is 0.0556. The molecule has 0 saturated heterocycles. The zero-order chi connectivity index (χ0) is 18.0. The molecule has 0 aliphatic carbocycles. The Kier molecular flexibility index (Phi) is 4.78. The Morgan fingerprint density at radius 2 is 1.56 bits per heavy atom. The highest BCUT2D eigenvalue weighted by molar-refractivity contribution is 9.10. The van der Waals surface area contributed by atoms with Crippen molar-refractivity contribution in [2.45, 2.75) is 4.90 Å². The summed E-state index contributed by atoms with van der Waals surface area (Å²) in [6.45, 7) is 0. The van der Waals surface area contributed by atoms with Crippen molar-refractivity contribution in [3.63, 3.8) is 0 Å². The van der Waals surface area contributed by atoms with Gasteiger partial charge >= 0.3 is 5.97 Å². The fourth-order valence-electron chi connectivity index (χ4n) is 2.48. The van der Waals surface area contributed by atoms with Crippen LogP contribution in [0.25, 0.3) is 11.1 Å². The number of aromatic nitrogens is 1. The molecule has 2 aromatic carbocycles. The minimum Gasteiger partial charge on any atom is -0.465 e. The fourth-order valence-corrected chi connectivity index (χ4v) is 4.88. The number of hydrogen-bond donors (Lipinski definition) is 0. The van der Waals surface area contributed by atoms with Gasteiger partial charge in [-0.05, 0) is 33.6 Å². The van der Waals surface area contributed by atoms with Crippen LogP contribution in [0, 0.1) is 0 Å². The van der Waals surface area contributed by atoms with E-state index in [0.717, 1.165) is 3.97 Å². The molecule has 1 aromatic heterocycles. The number of ether oxygens (including phenoxy) is 1. The largest absolute Gasteiger partial charge is 0.465 e. The molecule has 0 aliphatic rings. The Balaban J connectivity index is 2.27. The molecule has 128 valence electrons. The maximum atomic E-state index is 12.9. The molecule has 5 nitrogen and oxygen atoms in total. The van der Waals surface area contributed by atoms with Gasteiger partial charge in [-0.1, -0.05) is 48.5 Å². The Labute approximate surface area is 154 Å². The summed E-state index contributed by atoms with van der Waals surface area (Å²) in [4.78, 5) is 12.3. The van der Waals surface area contributed by atoms with Crippen molar-refractivity contribution < 1.29 is 17.9 Å². The molecule has 0 atom stereocenters. The lowest BCUT2D eigenvalue weighted by molar-refractivity contribution is 0.0601. The summed E-state index contributed by atoms with van der Waals surface area (Å²) in [5.41, 5.74) is 1.34. The molecule has 0 spiro atoms. The van der Waals surface area contributed by atoms with Crippen LogP contribution < -0.4 is 0 Å². The summed E-state index contributed by atoms with van der Waals surface area (Å²) in [5, 5.41) is 0. The molecule has 0 radical (unpaired) electrons. The highest BCUT2D eigenvalue weighted by Gasteiger charge is 2.27. The number of hydrogen-bond acceptors (Lipinski definition) is 4. The molecule has 25 heavy (non-hydrogen) atoms. The second-order valence-corrected chi connectivity index (χ2v) is 7.75. The van der Waals surface area contributed by atoms with Crippen LogP contribution in [0.5, 0.6) is 0 Å². The highest BCUT2D eigenvalue weighted by Crippen LogP contribution is 2.36. The molecule has 3 rings (SSSR count). The zero-order valence-electron chi connectivity index (χ0n) is 13.2. The Hall–Kier alpha value is -2.38. The molecule has 0 saturated carbocycles. The van der Waals surface area contributed by atoms with Crippen molar-refractivity contribution in [1.82, 2.24) is 3.97 Å². The number of carbonyl (C=O) groups is 1. The summed E-state index contributed by atoms with van der Waals surface area (Å²) in [6.07, 6.45) is 1.28. The summed E-state index contributed by atoms with van der Waals surface area (Å²) in [5.74, 6) is -0.610. The number of carbonyl (C=O) groups excluding carboxylic acids is 1. The Bertz CT molecular complexity index is 1010. The van der Waals surface area contributed by atoms with Crippen LogP contribution in [0.2, 0.25) is 0 Å². The number of methoxy groups -OCH3 is 1. The minimum atomic E-state index is -3.86. The first-order valence-electron chi connectivity index (χ1n) is 7.32. The molecule has 1 heterocycles. The first-order chi connectivity index (χ1) is 12.0. The zero-order valence-corrected chi connectivity index (χ0v) is 15.6. The molecule has 0 bridgehead atoms. The van der Waals surface area contributed by atoms with E-state index in [1.54, 1.807) is 30.3 Å². The summed E-state index contributed by atoms with van der Waals surface area (Å²) in [7, 11) is -2.60. The van der Waals surface area contributed by atoms with E-state index in [-0.39, 0.29) is 15.1 Å². The number of nitrogens with zero attached hydrogens (tertiary/aromatic N) is 1. The summed E-state index contributed by atoms with van der Waals surface area (Å²) in [6, 6.07) is 17.1. The van der Waals surface area contributed by atoms with E-state index in [2.05, 4.69) is 15.9 Å². The van der Waals surface area contributed by atoms with Gasteiger partial charge in [0.1, 0.15) is 4.60 Å². The number of halogens is 1. The molecular weight excluding hydrogens is 406 g/mol. The van der Waals surface area contributed by atoms with E-state index in [9.17, 15) is 13.2 Å². The van der Waals surface area contributed by atoms with Crippen LogP contribution >= 0.6 is 15.9 Å². The van der Waals surface area contributed by atoms with E-state index in [0.29, 0.717) is 11.1 Å². The van der Waals surface area contributed by atoms with E-state index in [1.807, 2.05) is 18.2 Å². The number of rotatable bonds is 4. The van der Waals surface area contributed by atoms with Gasteiger partial charge in [0.15, 0.2) is 0 Å². The normalized spacial score (nSPS) is 11.3. The SMILES string of the molecule is COC(=O)c1cn(S(=O)(=O)c2ccccc2)c(Br)c1-c1ccccc1. The van der Waals surface area contributed by atoms with E-state index in [1.165, 1.54) is 25.4 Å². The molecule has 3 aromatic rings. The predicted octanol–water partition coefficient (Wildman–Crippen LogP) is 3.94. The van der Waals surface area contributed by atoms with Crippen LogP contribution in [0.15, 0.2) is 76.4 Å². The molecule has 0 N–H and O–H groups in total. The van der Waals surface area contributed by atoms with Crippen molar-refractivity contribution >= 4 is 31.9 Å². The predicted molar refractivity (Wildman–Crippen MR) is 97.9 cm³/mol. The van der Waals surface area contributed by atoms with Gasteiger partial charge in [-0.25, -0.2) is 17.2 Å². The van der Waals surface area contributed by atoms with Gasteiger partial charge in [0.25, 0.3) is 10.0 Å². The average molecular weight is 420 g/mol. The second-order valence-electron chi connectivity index (χ2n) is 5.18. The lowest BCUT2D eigenvalue weighted by Gasteiger charge is -2.08. The van der Waals surface area contributed by atoms with E-state index >= 15 is 0 Å². The van der Waals surface area contributed by atoms with Gasteiger partial charge in [0.2, 0.25) is 0 Å². The van der Waals surface area contributed by atoms with Crippen molar-refractivity contribution in [2.24, 2.45) is 0 Å². The maximum Gasteiger partial charge on any atom is 0.340 e. The van der Waals surface area contributed by atoms with Crippen LogP contribution in [-0.2, 0) is 14.8 Å². The summed E-state index contributed by atoms with van der Waals surface area (Å²) < 4.78 is 32.0. The van der Waals surface area contributed by atoms with E-state index < -0.39 is 16.0 Å². The van der Waals surface area contributed by atoms with Gasteiger partial charge in [0, 0.05) is 11.8 Å². The number of benzene rings is 2. The van der Waals surface area contributed by atoms with Crippen molar-refractivity contribution in [3.8, 4) is 11.1 Å². The van der Waals surface area contributed by atoms with Gasteiger partial charge in [-0.15, -0.1) is 0 Å². The molecular formula is C18H14BrNO4S. The number of esters is 1. The monoisotopic (exact) mass is 419 g/mol. The molecule has 0 unspecified atom stereocenters. The van der Waals surface area contributed by atoms with Gasteiger partial charge in [-0.3, -0.25) is 0 Å². The Morgan fingerprint density at radius 3 is 2.12 bits per heavy atom. The summed E-state index contributed by atoms with van der Waals surface area (Å²) >= 11 is 3.35. The molecule has 7 heteroatoms. The van der Waals surface area contributed by atoms with Gasteiger partial charge in [0.05, 0.1) is 17.6 Å². The maximum absolute atomic E-state index is 12.9. The average Bonchev–Trinajstić information content (AvgIpc) is 3.00. The molecule has 0 amide bonds. The first kappa shape index (κ1) is 17.4. The third-order valence-corrected chi connectivity index (χ3v) is 6.37. The first-order valence-corrected chi connectivity index (χ1v) is 9.55. The highest BCUT2D eigenvalue weighted by atomic mass is 79.9. The van der Waals surface area contributed by atoms with Crippen LogP contribution in [0.3, 0.4) is 0 Å². The third-order valence-electron chi connectivity index (χ3n) is 3.68. The van der Waals surface area contributed by atoms with Crippen LogP contribution in [0.4, 0.5) is 0 Å². The Morgan fingerprint density at radius 1 is 1.00 bits per heavy atom. The molecule has 0 fully saturated rings. The molecule has 0 aliphatic heterocycles. The topological polar surface area (TPSA) is 65.4 Å². The standard InChI is InChI=1S/C18H14BrNO4S/c1-24-18(21)15-12-20(25(22,23)14-10-6-3-7-11-14)17(19)16(15)13-8-4-2-5-9-13/h2-12H,1H3. The third kappa shape index (κ3) is 3.12. The minimum absolute atomic E-state index is 0.127. The smallest absolute Gasteiger partial charge is 0.340 e. The lowest BCUT2D eigenvalue weighted by Crippen LogP contribution is -2.12. The van der Waals surface area contributed by atoms with Crippen molar-refractivity contribution in [1.29, 1.82) is 0 Å². The van der Waals surface area contributed by atoms with Crippen molar-refractivity contribution in [2.75, 3.05) is 7.11 Å².